The first-order chi connectivity index (χ1) is 20.1. The van der Waals surface area contributed by atoms with Gasteiger partial charge in [-0.25, -0.2) is 9.89 Å². The number of hydrogen-bond acceptors (Lipinski definition) is 9. The Hall–Kier alpha value is -4.05. The number of hydrogen-bond donors (Lipinski definition) is 2. The number of carbonyl (C=O) groups excluding carboxylic acids is 3. The molecule has 3 saturated heterocycles. The molecule has 0 radical (unpaired) electrons. The normalized spacial score (nSPS) is 30.2. The van der Waals surface area contributed by atoms with Crippen LogP contribution in [0.1, 0.15) is 63.6 Å². The molecule has 1 aromatic carbocycles. The van der Waals surface area contributed by atoms with Crippen molar-refractivity contribution in [1.82, 2.24) is 40.6 Å². The van der Waals surface area contributed by atoms with Crippen LogP contribution in [0.4, 0.5) is 4.79 Å². The lowest BCUT2D eigenvalue weighted by Crippen LogP contribution is -2.59. The van der Waals surface area contributed by atoms with E-state index in [2.05, 4.69) is 44.1 Å². The zero-order chi connectivity index (χ0) is 29.3. The van der Waals surface area contributed by atoms with E-state index in [4.69, 9.17) is 4.74 Å². The van der Waals surface area contributed by atoms with Gasteiger partial charge in [0.2, 0.25) is 11.8 Å². The molecule has 2 bridgehead atoms. The predicted molar refractivity (Wildman–Crippen MR) is 147 cm³/mol. The minimum Gasteiger partial charge on any atom is -0.444 e. The number of piperazine rings is 1. The van der Waals surface area contributed by atoms with Crippen molar-refractivity contribution in [1.29, 1.82) is 5.26 Å². The third-order valence-corrected chi connectivity index (χ3v) is 9.37. The molecule has 3 aliphatic heterocycles. The number of rotatable bonds is 6. The maximum Gasteiger partial charge on any atom is 0.408 e. The Kier molecular flexibility index (Phi) is 6.23. The van der Waals surface area contributed by atoms with Crippen molar-refractivity contribution in [3.05, 3.63) is 29.3 Å². The van der Waals surface area contributed by atoms with Crippen molar-refractivity contribution in [2.45, 2.75) is 94.7 Å². The van der Waals surface area contributed by atoms with Crippen LogP contribution in [0.3, 0.4) is 0 Å². The zero-order valence-corrected chi connectivity index (χ0v) is 24.0. The van der Waals surface area contributed by atoms with Gasteiger partial charge in [-0.05, 0) is 86.4 Å². The molecule has 0 spiro atoms. The summed E-state index contributed by atoms with van der Waals surface area (Å²) in [4.78, 5) is 46.2. The van der Waals surface area contributed by atoms with Gasteiger partial charge in [0.1, 0.15) is 17.7 Å². The van der Waals surface area contributed by atoms with Crippen LogP contribution >= 0.6 is 0 Å². The first kappa shape index (κ1) is 26.8. The molecule has 13 nitrogen and oxygen atoms in total. The van der Waals surface area contributed by atoms with Crippen LogP contribution in [0.5, 0.6) is 0 Å². The van der Waals surface area contributed by atoms with Gasteiger partial charge in [0, 0.05) is 30.7 Å². The molecule has 3 unspecified atom stereocenters. The van der Waals surface area contributed by atoms with Crippen LogP contribution in [0.25, 0.3) is 11.4 Å². The number of carbonyl (C=O) groups is 3. The SMILES string of the molecule is CC(C)(C)OC(=O)NC(CN1C[C@@H]2CC1C(=O)N2[C@H]1CCc2cc(-c3nnn[nH]3)ccc21)C(=O)N1C(C#N)C[C@@H]2C[C@@H]21. The maximum atomic E-state index is 13.8. The number of piperidine rings is 1. The number of likely N-dealkylation sites (tertiary alicyclic amines) is 3. The summed E-state index contributed by atoms with van der Waals surface area (Å²) >= 11 is 0. The molecule has 220 valence electrons. The number of aromatic nitrogens is 4. The quantitative estimate of drug-likeness (QED) is 0.522. The average molecular weight is 574 g/mol. The molecular formula is C29H35N9O4. The first-order valence-corrected chi connectivity index (χ1v) is 14.8. The number of ether oxygens (including phenoxy) is 1. The third kappa shape index (κ3) is 4.58. The molecule has 7 rings (SSSR count). The van der Waals surface area contributed by atoms with E-state index in [1.165, 1.54) is 5.56 Å². The van der Waals surface area contributed by atoms with Gasteiger partial charge >= 0.3 is 6.09 Å². The Morgan fingerprint density at radius 1 is 1.24 bits per heavy atom. The van der Waals surface area contributed by atoms with E-state index in [-0.39, 0.29) is 42.5 Å². The van der Waals surface area contributed by atoms with Gasteiger partial charge in [-0.15, -0.1) is 5.10 Å². The summed E-state index contributed by atoms with van der Waals surface area (Å²) in [5.41, 5.74) is 2.55. The Balaban J connectivity index is 1.07. The van der Waals surface area contributed by atoms with E-state index in [1.807, 2.05) is 15.9 Å². The number of nitrogens with zero attached hydrogens (tertiary/aromatic N) is 7. The molecule has 1 aromatic heterocycles. The Morgan fingerprint density at radius 2 is 2.07 bits per heavy atom. The van der Waals surface area contributed by atoms with Crippen molar-refractivity contribution in [3.8, 4) is 17.5 Å². The predicted octanol–water partition coefficient (Wildman–Crippen LogP) is 1.55. The van der Waals surface area contributed by atoms with E-state index >= 15 is 0 Å². The Labute approximate surface area is 243 Å². The highest BCUT2D eigenvalue weighted by atomic mass is 16.6. The van der Waals surface area contributed by atoms with Crippen LogP contribution < -0.4 is 5.32 Å². The van der Waals surface area contributed by atoms with Gasteiger partial charge in [0.15, 0.2) is 5.82 Å². The minimum absolute atomic E-state index is 0.0108. The van der Waals surface area contributed by atoms with Gasteiger partial charge in [-0.1, -0.05) is 12.1 Å². The van der Waals surface area contributed by atoms with Crippen LogP contribution in [0, 0.1) is 17.2 Å². The standard InChI is InChI=1S/C29H35N9O4/c1-29(2,3)42-28(41)31-21(26(39)37-18(12-30)9-17-10-23(17)37)14-36-13-19-11-24(36)27(40)38(19)22-7-5-15-8-16(4-6-20(15)22)25-32-34-35-33-25/h4,6,8,17-19,21-24H,5,7,9-11,13-14H2,1-3H3,(H,31,41)(H,32,33,34,35)/t17-,18?,19+,21?,22+,23+,24?/m1/s1. The highest BCUT2D eigenvalue weighted by Gasteiger charge is 2.57. The van der Waals surface area contributed by atoms with Crippen molar-refractivity contribution < 1.29 is 19.1 Å². The van der Waals surface area contributed by atoms with Crippen molar-refractivity contribution >= 4 is 17.9 Å². The van der Waals surface area contributed by atoms with E-state index in [1.54, 1.807) is 25.7 Å². The summed E-state index contributed by atoms with van der Waals surface area (Å²) in [5, 5.41) is 26.6. The third-order valence-electron chi connectivity index (χ3n) is 9.37. The second kappa shape index (κ2) is 9.76. The summed E-state index contributed by atoms with van der Waals surface area (Å²) < 4.78 is 5.48. The van der Waals surface area contributed by atoms with E-state index < -0.39 is 23.8 Å². The Morgan fingerprint density at radius 3 is 2.79 bits per heavy atom. The molecular weight excluding hydrogens is 538 g/mol. The van der Waals surface area contributed by atoms with E-state index in [0.29, 0.717) is 31.1 Å². The molecule has 1 saturated carbocycles. The average Bonchev–Trinajstić information content (AvgIpc) is 3.51. The zero-order valence-electron chi connectivity index (χ0n) is 24.0. The lowest BCUT2D eigenvalue weighted by atomic mass is 10.0. The fraction of sp³-hybridized carbons (Fsp3) is 0.621. The van der Waals surface area contributed by atoms with Gasteiger partial charge < -0.3 is 19.9 Å². The number of fused-ring (bicyclic) bond motifs is 4. The Bertz CT molecular complexity index is 1460. The first-order valence-electron chi connectivity index (χ1n) is 14.8. The molecule has 13 heteroatoms. The molecule has 4 heterocycles. The highest BCUT2D eigenvalue weighted by molar-refractivity contribution is 5.89. The summed E-state index contributed by atoms with van der Waals surface area (Å²) in [6.45, 7) is 6.12. The number of alkyl carbamates (subject to hydrolysis) is 1. The summed E-state index contributed by atoms with van der Waals surface area (Å²) in [6.07, 6.45) is 3.31. The van der Waals surface area contributed by atoms with Crippen LogP contribution in [0.15, 0.2) is 18.2 Å². The highest BCUT2D eigenvalue weighted by Crippen LogP contribution is 2.48. The van der Waals surface area contributed by atoms with Crippen molar-refractivity contribution in [3.63, 3.8) is 0 Å². The van der Waals surface area contributed by atoms with Gasteiger partial charge in [0.05, 0.1) is 18.2 Å². The number of nitriles is 1. The fourth-order valence-electron chi connectivity index (χ4n) is 7.55. The monoisotopic (exact) mass is 573 g/mol. The van der Waals surface area contributed by atoms with Crippen molar-refractivity contribution in [2.75, 3.05) is 13.1 Å². The fourth-order valence-corrected chi connectivity index (χ4v) is 7.55. The second-order valence-corrected chi connectivity index (χ2v) is 13.2. The van der Waals surface area contributed by atoms with E-state index in [0.717, 1.165) is 30.4 Å². The van der Waals surface area contributed by atoms with Gasteiger partial charge in [-0.2, -0.15) is 5.26 Å². The number of aryl methyl sites for hydroxylation is 1. The van der Waals surface area contributed by atoms with Gasteiger partial charge in [0.25, 0.3) is 0 Å². The number of nitrogens with one attached hydrogen (secondary N) is 2. The number of H-pyrrole nitrogens is 1. The largest absolute Gasteiger partial charge is 0.444 e. The minimum atomic E-state index is -0.910. The summed E-state index contributed by atoms with van der Waals surface area (Å²) in [5.74, 6) is 0.766. The van der Waals surface area contributed by atoms with Gasteiger partial charge in [-0.3, -0.25) is 14.5 Å². The molecule has 2 N–H and O–H groups in total. The van der Waals surface area contributed by atoms with E-state index in [9.17, 15) is 19.6 Å². The molecule has 3 amide bonds. The molecule has 7 atom stereocenters. The van der Waals surface area contributed by atoms with Crippen molar-refractivity contribution in [2.24, 2.45) is 5.92 Å². The lowest BCUT2D eigenvalue weighted by Gasteiger charge is -2.39. The smallest absolute Gasteiger partial charge is 0.408 e. The maximum absolute atomic E-state index is 13.8. The molecule has 42 heavy (non-hydrogen) atoms. The van der Waals surface area contributed by atoms with Crippen LogP contribution in [0.2, 0.25) is 0 Å². The number of tetrazole rings is 1. The number of amides is 3. The molecule has 5 aliphatic rings. The topological polar surface area (TPSA) is 160 Å². The molecule has 2 aliphatic carbocycles. The second-order valence-electron chi connectivity index (χ2n) is 13.2. The summed E-state index contributed by atoms with van der Waals surface area (Å²) in [6, 6.07) is 6.77. The van der Waals surface area contributed by atoms with Crippen LogP contribution in [-0.2, 0) is 20.7 Å². The lowest BCUT2D eigenvalue weighted by molar-refractivity contribution is -0.141. The summed E-state index contributed by atoms with van der Waals surface area (Å²) in [7, 11) is 0. The number of aromatic amines is 1. The number of benzene rings is 1. The molecule has 2 aromatic rings. The van der Waals surface area contributed by atoms with Crippen LogP contribution in [-0.4, -0.2) is 102 Å². The molecule has 4 fully saturated rings.